The van der Waals surface area contributed by atoms with E-state index >= 15 is 0 Å². The molecule has 0 aliphatic rings. The summed E-state index contributed by atoms with van der Waals surface area (Å²) in [6, 6.07) is 2.07. The van der Waals surface area contributed by atoms with E-state index < -0.39 is 32.7 Å². The van der Waals surface area contributed by atoms with Crippen molar-refractivity contribution in [3.05, 3.63) is 29.8 Å². The lowest BCUT2D eigenvalue weighted by Crippen LogP contribution is -2.27. The van der Waals surface area contributed by atoms with Crippen LogP contribution in [0, 0.1) is 11.6 Å². The first-order valence-corrected chi connectivity index (χ1v) is 6.97. The molecule has 0 aromatic heterocycles. The van der Waals surface area contributed by atoms with E-state index in [0.29, 0.717) is 12.5 Å². The summed E-state index contributed by atoms with van der Waals surface area (Å²) in [5.41, 5.74) is 0. The summed E-state index contributed by atoms with van der Waals surface area (Å²) in [6.07, 6.45) is 0.154. The average molecular weight is 279 g/mol. The molecule has 1 aromatic carbocycles. The molecule has 0 amide bonds. The first-order valence-electron chi connectivity index (χ1n) is 5.49. The number of hydrogen-bond donors (Lipinski definition) is 2. The first kappa shape index (κ1) is 15.0. The Balaban J connectivity index is 2.74. The second-order valence-corrected chi connectivity index (χ2v) is 5.62. The van der Waals surface area contributed by atoms with Gasteiger partial charge in [-0.25, -0.2) is 21.9 Å². The maximum atomic E-state index is 12.9. The molecule has 0 aliphatic carbocycles. The van der Waals surface area contributed by atoms with Crippen molar-refractivity contribution in [2.45, 2.75) is 30.8 Å². The first-order chi connectivity index (χ1) is 8.35. The maximum Gasteiger partial charge on any atom is 0.240 e. The molecule has 0 radical (unpaired) electrons. The Morgan fingerprint density at radius 2 is 1.83 bits per heavy atom. The third-order valence-electron chi connectivity index (χ3n) is 2.39. The molecule has 18 heavy (non-hydrogen) atoms. The average Bonchev–Trinajstić information content (AvgIpc) is 2.27. The molecule has 0 fully saturated rings. The van der Waals surface area contributed by atoms with Crippen molar-refractivity contribution in [2.75, 3.05) is 6.54 Å². The van der Waals surface area contributed by atoms with Gasteiger partial charge < -0.3 is 5.11 Å². The van der Waals surface area contributed by atoms with Crippen LogP contribution >= 0.6 is 0 Å². The molecule has 7 heteroatoms. The largest absolute Gasteiger partial charge is 0.393 e. The smallest absolute Gasteiger partial charge is 0.240 e. The van der Waals surface area contributed by atoms with Crippen LogP contribution in [0.25, 0.3) is 0 Å². The molecule has 1 rings (SSSR count). The van der Waals surface area contributed by atoms with E-state index in [0.717, 1.165) is 12.1 Å². The van der Waals surface area contributed by atoms with Gasteiger partial charge in [-0.3, -0.25) is 0 Å². The SMILES string of the molecule is CCC(O)CCNS(=O)(=O)c1cc(F)cc(F)c1. The normalized spacial score (nSPS) is 13.6. The number of aliphatic hydroxyl groups excluding tert-OH is 1. The summed E-state index contributed by atoms with van der Waals surface area (Å²) in [4.78, 5) is -0.467. The summed E-state index contributed by atoms with van der Waals surface area (Å²) in [6.45, 7) is 1.77. The number of halogens is 2. The summed E-state index contributed by atoms with van der Waals surface area (Å²) in [5, 5.41) is 9.26. The fourth-order valence-corrected chi connectivity index (χ4v) is 2.42. The zero-order valence-electron chi connectivity index (χ0n) is 9.86. The lowest BCUT2D eigenvalue weighted by Gasteiger charge is -2.09. The number of sulfonamides is 1. The Morgan fingerprint density at radius 1 is 1.28 bits per heavy atom. The third-order valence-corrected chi connectivity index (χ3v) is 3.83. The Bertz CT molecular complexity index is 485. The number of benzene rings is 1. The molecule has 0 aliphatic heterocycles. The quantitative estimate of drug-likeness (QED) is 0.827. The fourth-order valence-electron chi connectivity index (χ4n) is 1.33. The summed E-state index contributed by atoms with van der Waals surface area (Å²) >= 11 is 0. The Labute approximate surface area is 105 Å². The molecular formula is C11H15F2NO3S. The van der Waals surface area contributed by atoms with Gasteiger partial charge in [-0.2, -0.15) is 0 Å². The van der Waals surface area contributed by atoms with Crippen molar-refractivity contribution >= 4 is 10.0 Å². The van der Waals surface area contributed by atoms with Crippen LogP contribution in [0.3, 0.4) is 0 Å². The van der Waals surface area contributed by atoms with Crippen LogP contribution in [-0.4, -0.2) is 26.2 Å². The van der Waals surface area contributed by atoms with Crippen LogP contribution in [0.1, 0.15) is 19.8 Å². The maximum absolute atomic E-state index is 12.9. The van der Waals surface area contributed by atoms with E-state index in [1.54, 1.807) is 6.92 Å². The van der Waals surface area contributed by atoms with Crippen LogP contribution in [-0.2, 0) is 10.0 Å². The molecule has 4 nitrogen and oxygen atoms in total. The predicted molar refractivity (Wildman–Crippen MR) is 62.5 cm³/mol. The van der Waals surface area contributed by atoms with Gasteiger partial charge in [0.1, 0.15) is 11.6 Å². The van der Waals surface area contributed by atoms with Gasteiger partial charge in [0.25, 0.3) is 0 Å². The minimum Gasteiger partial charge on any atom is -0.393 e. The molecule has 0 heterocycles. The summed E-state index contributed by atoms with van der Waals surface area (Å²) in [5.74, 6) is -1.91. The van der Waals surface area contributed by atoms with Gasteiger partial charge in [0.15, 0.2) is 0 Å². The molecule has 1 atom stereocenters. The van der Waals surface area contributed by atoms with Crippen molar-refractivity contribution in [3.63, 3.8) is 0 Å². The van der Waals surface area contributed by atoms with E-state index in [2.05, 4.69) is 4.72 Å². The predicted octanol–water partition coefficient (Wildman–Crippen LogP) is 1.40. The Hall–Kier alpha value is -1.05. The molecular weight excluding hydrogens is 264 g/mol. The molecule has 1 unspecified atom stereocenters. The molecule has 0 bridgehead atoms. The van der Waals surface area contributed by atoms with Gasteiger partial charge >= 0.3 is 0 Å². The van der Waals surface area contributed by atoms with Crippen molar-refractivity contribution in [3.8, 4) is 0 Å². The number of hydrogen-bond acceptors (Lipinski definition) is 3. The summed E-state index contributed by atoms with van der Waals surface area (Å²) < 4.78 is 51.3. The monoisotopic (exact) mass is 279 g/mol. The van der Waals surface area contributed by atoms with E-state index in [-0.39, 0.29) is 13.0 Å². The second kappa shape index (κ2) is 6.21. The van der Waals surface area contributed by atoms with Gasteiger partial charge in [-0.15, -0.1) is 0 Å². The minimum absolute atomic E-state index is 0.00940. The van der Waals surface area contributed by atoms with Gasteiger partial charge in [0, 0.05) is 12.6 Å². The zero-order chi connectivity index (χ0) is 13.8. The van der Waals surface area contributed by atoms with E-state index in [4.69, 9.17) is 0 Å². The summed E-state index contributed by atoms with van der Waals surface area (Å²) in [7, 11) is -3.95. The van der Waals surface area contributed by atoms with Crippen LogP contribution in [0.4, 0.5) is 8.78 Å². The number of nitrogens with one attached hydrogen (secondary N) is 1. The van der Waals surface area contributed by atoms with Gasteiger partial charge in [0.2, 0.25) is 10.0 Å². The third kappa shape index (κ3) is 4.32. The van der Waals surface area contributed by atoms with Crippen LogP contribution < -0.4 is 4.72 Å². The minimum atomic E-state index is -3.95. The molecule has 0 spiro atoms. The highest BCUT2D eigenvalue weighted by molar-refractivity contribution is 7.89. The topological polar surface area (TPSA) is 66.4 Å². The van der Waals surface area contributed by atoms with Crippen molar-refractivity contribution in [1.29, 1.82) is 0 Å². The number of aliphatic hydroxyl groups is 1. The Kier molecular flexibility index (Phi) is 5.18. The number of rotatable bonds is 6. The molecule has 2 N–H and O–H groups in total. The highest BCUT2D eigenvalue weighted by Crippen LogP contribution is 2.13. The van der Waals surface area contributed by atoms with Gasteiger partial charge in [-0.1, -0.05) is 6.92 Å². The fraction of sp³-hybridized carbons (Fsp3) is 0.455. The molecule has 1 aromatic rings. The Morgan fingerprint density at radius 3 is 2.33 bits per heavy atom. The lowest BCUT2D eigenvalue weighted by molar-refractivity contribution is 0.162. The molecule has 0 saturated heterocycles. The molecule has 0 saturated carbocycles. The van der Waals surface area contributed by atoms with Crippen molar-refractivity contribution in [2.24, 2.45) is 0 Å². The highest BCUT2D eigenvalue weighted by atomic mass is 32.2. The van der Waals surface area contributed by atoms with E-state index in [1.165, 1.54) is 0 Å². The van der Waals surface area contributed by atoms with Crippen molar-refractivity contribution < 1.29 is 22.3 Å². The lowest BCUT2D eigenvalue weighted by atomic mass is 10.2. The van der Waals surface area contributed by atoms with E-state index in [1.807, 2.05) is 0 Å². The highest BCUT2D eigenvalue weighted by Gasteiger charge is 2.16. The van der Waals surface area contributed by atoms with Crippen molar-refractivity contribution in [1.82, 2.24) is 4.72 Å². The van der Waals surface area contributed by atoms with Crippen LogP contribution in [0.15, 0.2) is 23.1 Å². The van der Waals surface area contributed by atoms with E-state index in [9.17, 15) is 22.3 Å². The standard InChI is InChI=1S/C11H15F2NO3S/c1-2-10(15)3-4-14-18(16,17)11-6-8(12)5-9(13)7-11/h5-7,10,14-15H,2-4H2,1H3. The zero-order valence-corrected chi connectivity index (χ0v) is 10.7. The van der Waals surface area contributed by atoms with Crippen LogP contribution in [0.5, 0.6) is 0 Å². The van der Waals surface area contributed by atoms with Gasteiger partial charge in [0.05, 0.1) is 11.0 Å². The molecule has 102 valence electrons. The second-order valence-electron chi connectivity index (χ2n) is 3.85. The van der Waals surface area contributed by atoms with Crippen LogP contribution in [0.2, 0.25) is 0 Å². The van der Waals surface area contributed by atoms with Gasteiger partial charge in [-0.05, 0) is 25.0 Å².